The van der Waals surface area contributed by atoms with E-state index in [1.165, 1.54) is 12.1 Å². The number of aliphatic hydroxyl groups is 1. The Morgan fingerprint density at radius 1 is 1.14 bits per heavy atom. The zero-order chi connectivity index (χ0) is 25.7. The molecule has 2 aliphatic carbocycles. The van der Waals surface area contributed by atoms with Crippen molar-refractivity contribution in [3.8, 4) is 0 Å². The van der Waals surface area contributed by atoms with Crippen LogP contribution in [-0.4, -0.2) is 35.4 Å². The van der Waals surface area contributed by atoms with E-state index in [9.17, 15) is 14.3 Å². The van der Waals surface area contributed by atoms with Crippen LogP contribution in [0, 0.1) is 11.7 Å². The van der Waals surface area contributed by atoms with E-state index in [0.717, 1.165) is 17.6 Å². The Labute approximate surface area is 215 Å². The highest BCUT2D eigenvalue weighted by molar-refractivity contribution is 7.80. The third-order valence-corrected chi connectivity index (χ3v) is 7.24. The number of nitrogens with one attached hydrogen (secondary N) is 2. The van der Waals surface area contributed by atoms with Gasteiger partial charge in [0.1, 0.15) is 11.6 Å². The van der Waals surface area contributed by atoms with Gasteiger partial charge in [-0.05, 0) is 73.8 Å². The van der Waals surface area contributed by atoms with Gasteiger partial charge in [-0.25, -0.2) is 8.78 Å². The Bertz CT molecular complexity index is 1180. The maximum Gasteiger partial charge on any atom is 0.257 e. The Morgan fingerprint density at radius 2 is 1.86 bits per heavy atom. The van der Waals surface area contributed by atoms with E-state index in [-0.39, 0.29) is 30.3 Å². The first kappa shape index (κ1) is 26.1. The van der Waals surface area contributed by atoms with Crippen molar-refractivity contribution in [3.05, 3.63) is 94.6 Å². The molecule has 2 aliphatic rings. The molecule has 3 N–H and O–H groups in total. The van der Waals surface area contributed by atoms with Crippen molar-refractivity contribution in [2.45, 2.75) is 44.2 Å². The fourth-order valence-electron chi connectivity index (χ4n) is 5.04. The first-order valence-corrected chi connectivity index (χ1v) is 12.4. The van der Waals surface area contributed by atoms with Crippen LogP contribution in [0.3, 0.4) is 0 Å². The predicted octanol–water partition coefficient (Wildman–Crippen LogP) is 5.08. The molecule has 4 rings (SSSR count). The van der Waals surface area contributed by atoms with Gasteiger partial charge in [-0.15, -0.1) is 0 Å². The molecule has 190 valence electrons. The molecule has 1 saturated carbocycles. The number of carbonyl (C=O) groups is 1. The van der Waals surface area contributed by atoms with Gasteiger partial charge >= 0.3 is 0 Å². The summed E-state index contributed by atoms with van der Waals surface area (Å²) >= 11 is 5.47. The van der Waals surface area contributed by atoms with Crippen LogP contribution in [0.4, 0.5) is 8.78 Å². The van der Waals surface area contributed by atoms with Crippen LogP contribution in [0.15, 0.2) is 77.6 Å². The first-order chi connectivity index (χ1) is 17.3. The third kappa shape index (κ3) is 5.72. The van der Waals surface area contributed by atoms with E-state index in [0.29, 0.717) is 30.4 Å². The minimum Gasteiger partial charge on any atom is -0.396 e. The van der Waals surface area contributed by atoms with E-state index in [1.54, 1.807) is 55.5 Å². The van der Waals surface area contributed by atoms with Gasteiger partial charge in [0.05, 0.1) is 18.2 Å². The van der Waals surface area contributed by atoms with Crippen molar-refractivity contribution in [2.24, 2.45) is 5.92 Å². The van der Waals surface area contributed by atoms with Gasteiger partial charge in [-0.1, -0.05) is 36.4 Å². The van der Waals surface area contributed by atoms with E-state index in [4.69, 9.17) is 17.0 Å². The van der Waals surface area contributed by atoms with E-state index < -0.39 is 23.2 Å². The highest BCUT2D eigenvalue weighted by Crippen LogP contribution is 2.46. The summed E-state index contributed by atoms with van der Waals surface area (Å²) in [5.41, 5.74) is 1.27. The molecule has 0 aromatic heterocycles. The summed E-state index contributed by atoms with van der Waals surface area (Å²) < 4.78 is 35.3. The Morgan fingerprint density at radius 3 is 2.56 bits per heavy atom. The number of thiocarbonyl (C=S) groups is 1. The molecular weight excluding hydrogens is 482 g/mol. The molecule has 5 nitrogen and oxygen atoms in total. The van der Waals surface area contributed by atoms with Crippen molar-refractivity contribution in [2.75, 3.05) is 13.2 Å². The summed E-state index contributed by atoms with van der Waals surface area (Å²) in [6.07, 6.45) is 3.32. The smallest absolute Gasteiger partial charge is 0.257 e. The molecule has 0 unspecified atom stereocenters. The van der Waals surface area contributed by atoms with Crippen LogP contribution < -0.4 is 10.6 Å². The average molecular weight is 513 g/mol. The molecule has 1 amide bonds. The van der Waals surface area contributed by atoms with E-state index in [1.807, 2.05) is 0 Å². The molecule has 0 heterocycles. The molecule has 3 atom stereocenters. The van der Waals surface area contributed by atoms with Gasteiger partial charge in [0.2, 0.25) is 0 Å². The molecule has 0 bridgehead atoms. The lowest BCUT2D eigenvalue weighted by molar-refractivity contribution is 0.0657. The molecule has 0 saturated heterocycles. The third-order valence-electron chi connectivity index (χ3n) is 7.03. The summed E-state index contributed by atoms with van der Waals surface area (Å²) in [5, 5.41) is 16.2. The topological polar surface area (TPSA) is 70.6 Å². The second kappa shape index (κ2) is 11.4. The normalized spacial score (nSPS) is 23.8. The standard InChI is InChI=1S/C28H30F2N2O3S/c1-18-11-12-19(13-25(18)30)17-35-22-14-21(16-33)28(15-22,23-9-5-6-10-24(23)29)32-27(36)31-26(34)20-7-3-2-4-8-20/h2-10,13,21-22,33H,11-12,14-17H2,1H3,(H2,31,32,34,36)/t21-,22+,28-/m0/s1. The molecule has 1 fully saturated rings. The summed E-state index contributed by atoms with van der Waals surface area (Å²) in [6.45, 7) is 1.79. The number of carbonyl (C=O) groups excluding carboxylic acids is 1. The Hall–Kier alpha value is -2.94. The molecule has 2 aromatic carbocycles. The monoisotopic (exact) mass is 512 g/mol. The molecular formula is C28H30F2N2O3S. The van der Waals surface area contributed by atoms with Gasteiger partial charge in [0, 0.05) is 30.1 Å². The molecule has 0 radical (unpaired) electrons. The van der Waals surface area contributed by atoms with Crippen LogP contribution in [0.1, 0.15) is 48.5 Å². The molecule has 2 aromatic rings. The lowest BCUT2D eigenvalue weighted by Crippen LogP contribution is -2.54. The highest BCUT2D eigenvalue weighted by atomic mass is 32.1. The van der Waals surface area contributed by atoms with Gasteiger partial charge in [-0.2, -0.15) is 0 Å². The maximum atomic E-state index is 15.1. The minimum absolute atomic E-state index is 0.0314. The first-order valence-electron chi connectivity index (χ1n) is 12.0. The van der Waals surface area contributed by atoms with Crippen molar-refractivity contribution >= 4 is 23.2 Å². The number of hydrogen-bond donors (Lipinski definition) is 3. The number of ether oxygens (including phenoxy) is 1. The summed E-state index contributed by atoms with van der Waals surface area (Å²) in [6, 6.07) is 15.0. The molecule has 36 heavy (non-hydrogen) atoms. The average Bonchev–Trinajstić information content (AvgIpc) is 3.23. The summed E-state index contributed by atoms with van der Waals surface area (Å²) in [5.74, 6) is -1.50. The molecule has 8 heteroatoms. The molecule has 0 aliphatic heterocycles. The lowest BCUT2D eigenvalue weighted by Gasteiger charge is -2.37. The Kier molecular flexibility index (Phi) is 8.28. The SMILES string of the molecule is CC1=C(F)C=C(CO[C@@H]2C[C@@H](CO)[C@](NC(=S)NC(=O)c3ccccc3)(c3ccccc3F)C2)CC1. The van der Waals surface area contributed by atoms with Crippen LogP contribution in [0.25, 0.3) is 0 Å². The number of hydrogen-bond acceptors (Lipinski definition) is 4. The number of allylic oxidation sites excluding steroid dienone is 3. The van der Waals surface area contributed by atoms with Gasteiger partial charge in [0.25, 0.3) is 5.91 Å². The van der Waals surface area contributed by atoms with Crippen LogP contribution in [0.5, 0.6) is 0 Å². The largest absolute Gasteiger partial charge is 0.396 e. The Balaban J connectivity index is 1.55. The van der Waals surface area contributed by atoms with Gasteiger partial charge < -0.3 is 15.2 Å². The minimum atomic E-state index is -1.10. The number of benzene rings is 2. The van der Waals surface area contributed by atoms with Crippen LogP contribution >= 0.6 is 12.2 Å². The second-order valence-electron chi connectivity index (χ2n) is 9.41. The zero-order valence-electron chi connectivity index (χ0n) is 20.1. The lowest BCUT2D eigenvalue weighted by atomic mass is 9.80. The van der Waals surface area contributed by atoms with Gasteiger partial charge in [-0.3, -0.25) is 10.1 Å². The van der Waals surface area contributed by atoms with Crippen LogP contribution in [0.2, 0.25) is 0 Å². The number of amides is 1. The molecule has 0 spiro atoms. The zero-order valence-corrected chi connectivity index (χ0v) is 20.9. The quantitative estimate of drug-likeness (QED) is 0.452. The van der Waals surface area contributed by atoms with E-state index >= 15 is 4.39 Å². The summed E-state index contributed by atoms with van der Waals surface area (Å²) in [4.78, 5) is 12.7. The van der Waals surface area contributed by atoms with Crippen LogP contribution in [-0.2, 0) is 10.3 Å². The van der Waals surface area contributed by atoms with Crippen molar-refractivity contribution in [1.82, 2.24) is 10.6 Å². The number of rotatable bonds is 7. The number of halogens is 2. The fourth-order valence-corrected chi connectivity index (χ4v) is 5.31. The summed E-state index contributed by atoms with van der Waals surface area (Å²) in [7, 11) is 0. The maximum absolute atomic E-state index is 15.1. The van der Waals surface area contributed by atoms with Gasteiger partial charge in [0.15, 0.2) is 5.11 Å². The highest BCUT2D eigenvalue weighted by Gasteiger charge is 2.50. The van der Waals surface area contributed by atoms with Crippen molar-refractivity contribution in [3.63, 3.8) is 0 Å². The second-order valence-corrected chi connectivity index (χ2v) is 9.82. The number of aliphatic hydroxyl groups excluding tert-OH is 1. The fraction of sp³-hybridized carbons (Fsp3) is 0.357. The van der Waals surface area contributed by atoms with Crippen molar-refractivity contribution in [1.29, 1.82) is 0 Å². The van der Waals surface area contributed by atoms with E-state index in [2.05, 4.69) is 10.6 Å². The van der Waals surface area contributed by atoms with Crippen molar-refractivity contribution < 1.29 is 23.4 Å². The predicted molar refractivity (Wildman–Crippen MR) is 138 cm³/mol.